The van der Waals surface area contributed by atoms with E-state index in [4.69, 9.17) is 0 Å². The zero-order chi connectivity index (χ0) is 30.0. The van der Waals surface area contributed by atoms with Crippen LogP contribution in [0.15, 0.2) is 133 Å². The molecule has 0 N–H and O–H groups in total. The lowest BCUT2D eigenvalue weighted by Crippen LogP contribution is -1.84. The lowest BCUT2D eigenvalue weighted by molar-refractivity contribution is 1.09. The Morgan fingerprint density at radius 1 is 0.415 bits per heavy atom. The molecule has 0 nitrogen and oxygen atoms in total. The first-order chi connectivity index (χ1) is 20.1. The molecule has 0 spiro atoms. The summed E-state index contributed by atoms with van der Waals surface area (Å²) < 4.78 is 0. The summed E-state index contributed by atoms with van der Waals surface area (Å²) in [6.45, 7) is 16.5. The molecular formula is C41H48. The Bertz CT molecular complexity index is 1560. The predicted octanol–water partition coefficient (Wildman–Crippen LogP) is 13.1. The smallest absolute Gasteiger partial charge is 0.00990 e. The van der Waals surface area contributed by atoms with Crippen LogP contribution >= 0.6 is 0 Å². The van der Waals surface area contributed by atoms with E-state index in [2.05, 4.69) is 155 Å². The summed E-state index contributed by atoms with van der Waals surface area (Å²) in [6, 6.07) is 47.3. The molecular weight excluding hydrogens is 492 g/mol. The first-order valence-electron chi connectivity index (χ1n) is 15.2. The van der Waals surface area contributed by atoms with Gasteiger partial charge in [-0.25, -0.2) is 0 Å². The van der Waals surface area contributed by atoms with Crippen LogP contribution in [0.5, 0.6) is 0 Å². The molecule has 0 aliphatic carbocycles. The van der Waals surface area contributed by atoms with E-state index < -0.39 is 0 Å². The van der Waals surface area contributed by atoms with Crippen molar-refractivity contribution in [2.75, 3.05) is 0 Å². The second kappa shape index (κ2) is 18.2. The summed E-state index contributed by atoms with van der Waals surface area (Å²) in [4.78, 5) is 0. The van der Waals surface area contributed by atoms with Crippen molar-refractivity contribution < 1.29 is 0 Å². The molecule has 0 radical (unpaired) electrons. The van der Waals surface area contributed by atoms with E-state index in [0.29, 0.717) is 0 Å². The molecule has 6 aromatic rings. The number of hydrogen-bond acceptors (Lipinski definition) is 0. The van der Waals surface area contributed by atoms with Gasteiger partial charge in [0.25, 0.3) is 0 Å². The number of benzene rings is 6. The van der Waals surface area contributed by atoms with Crippen molar-refractivity contribution in [1.82, 2.24) is 0 Å². The molecule has 0 fully saturated rings. The highest BCUT2D eigenvalue weighted by atomic mass is 14.1. The number of aryl methyl sites for hydroxylation is 2. The Hall–Kier alpha value is -4.16. The minimum absolute atomic E-state index is 1.25. The maximum Gasteiger partial charge on any atom is -0.00990 e. The Morgan fingerprint density at radius 2 is 0.878 bits per heavy atom. The quantitative estimate of drug-likeness (QED) is 0.192. The Labute approximate surface area is 249 Å². The first-order valence-corrected chi connectivity index (χ1v) is 15.2. The molecule has 41 heavy (non-hydrogen) atoms. The van der Waals surface area contributed by atoms with E-state index in [0.717, 1.165) is 0 Å². The molecule has 0 saturated heterocycles. The van der Waals surface area contributed by atoms with Gasteiger partial charge in [0, 0.05) is 0 Å². The van der Waals surface area contributed by atoms with Crippen LogP contribution in [-0.4, -0.2) is 0 Å². The van der Waals surface area contributed by atoms with Gasteiger partial charge in [-0.05, 0) is 69.3 Å². The van der Waals surface area contributed by atoms with E-state index in [1.807, 2.05) is 33.8 Å². The van der Waals surface area contributed by atoms with Crippen LogP contribution in [0.25, 0.3) is 43.8 Å². The molecule has 0 atom stereocenters. The van der Waals surface area contributed by atoms with E-state index in [1.54, 1.807) is 0 Å². The third-order valence-corrected chi connectivity index (χ3v) is 6.36. The molecule has 0 aliphatic rings. The Balaban J connectivity index is 0.000000253. The molecule has 0 unspecified atom stereocenters. The van der Waals surface area contributed by atoms with Crippen LogP contribution in [0.3, 0.4) is 0 Å². The van der Waals surface area contributed by atoms with Crippen molar-refractivity contribution >= 4 is 21.5 Å². The monoisotopic (exact) mass is 540 g/mol. The van der Waals surface area contributed by atoms with Gasteiger partial charge in [-0.1, -0.05) is 181 Å². The van der Waals surface area contributed by atoms with Gasteiger partial charge in [0.15, 0.2) is 0 Å². The van der Waals surface area contributed by atoms with Gasteiger partial charge >= 0.3 is 0 Å². The molecule has 0 heteroatoms. The maximum absolute atomic E-state index is 2.31. The normalized spacial score (nSPS) is 9.56. The van der Waals surface area contributed by atoms with Crippen molar-refractivity contribution in [2.45, 2.75) is 61.8 Å². The highest BCUT2D eigenvalue weighted by Crippen LogP contribution is 2.34. The van der Waals surface area contributed by atoms with Crippen LogP contribution in [0.4, 0.5) is 0 Å². The molecule has 6 rings (SSSR count). The standard InChI is InChI=1S/C21H16.C13H12.C3H8.2C2H6/c1-15-10-12-16(13-11-15)21-14-17-6-2-3-7-18(17)19-8-4-5-9-20(19)21;1-11-7-5-6-10-13(11)12-8-3-2-4-9-12;1-3-2;2*1-2/h2-14H,1H3;2-10H,1H3;3H2,1-2H3;2*1-2H3. The zero-order valence-electron chi connectivity index (χ0n) is 26.4. The van der Waals surface area contributed by atoms with Gasteiger partial charge in [-0.15, -0.1) is 0 Å². The molecule has 0 amide bonds. The van der Waals surface area contributed by atoms with Gasteiger partial charge in [-0.2, -0.15) is 0 Å². The minimum atomic E-state index is 1.25. The average Bonchev–Trinajstić information content (AvgIpc) is 3.04. The van der Waals surface area contributed by atoms with Crippen molar-refractivity contribution in [3.63, 3.8) is 0 Å². The SMILES string of the molecule is CC.CC.CCC.Cc1ccc(-c2cc3ccccc3c3ccccc23)cc1.Cc1ccccc1-c1ccccc1. The fraction of sp³-hybridized carbons (Fsp3) is 0.220. The van der Waals surface area contributed by atoms with E-state index >= 15 is 0 Å². The number of fused-ring (bicyclic) bond motifs is 3. The van der Waals surface area contributed by atoms with Crippen molar-refractivity contribution in [3.8, 4) is 22.3 Å². The van der Waals surface area contributed by atoms with E-state index in [-0.39, 0.29) is 0 Å². The fourth-order valence-corrected chi connectivity index (χ4v) is 4.54. The van der Waals surface area contributed by atoms with Gasteiger partial charge in [0.05, 0.1) is 0 Å². The second-order valence-electron chi connectivity index (χ2n) is 9.44. The van der Waals surface area contributed by atoms with Crippen LogP contribution in [-0.2, 0) is 0 Å². The van der Waals surface area contributed by atoms with Gasteiger partial charge in [0.2, 0.25) is 0 Å². The summed E-state index contributed by atoms with van der Waals surface area (Å²) in [5.74, 6) is 0. The molecule has 6 aromatic carbocycles. The molecule has 0 bridgehead atoms. The van der Waals surface area contributed by atoms with Gasteiger partial charge in [-0.3, -0.25) is 0 Å². The lowest BCUT2D eigenvalue weighted by Gasteiger charge is -2.11. The largest absolute Gasteiger partial charge is 0.0683 e. The molecule has 0 heterocycles. The molecule has 0 saturated carbocycles. The average molecular weight is 541 g/mol. The first kappa shape index (κ1) is 33.0. The summed E-state index contributed by atoms with van der Waals surface area (Å²) in [7, 11) is 0. The molecule has 212 valence electrons. The summed E-state index contributed by atoms with van der Waals surface area (Å²) >= 11 is 0. The van der Waals surface area contributed by atoms with Gasteiger partial charge in [0.1, 0.15) is 0 Å². The summed E-state index contributed by atoms with van der Waals surface area (Å²) in [5, 5.41) is 5.27. The van der Waals surface area contributed by atoms with E-state index in [1.165, 1.54) is 61.3 Å². The topological polar surface area (TPSA) is 0 Å². The Morgan fingerprint density at radius 3 is 1.49 bits per heavy atom. The zero-order valence-corrected chi connectivity index (χ0v) is 26.4. The van der Waals surface area contributed by atoms with Crippen molar-refractivity contribution in [2.24, 2.45) is 0 Å². The minimum Gasteiger partial charge on any atom is -0.0683 e. The lowest BCUT2D eigenvalue weighted by atomic mass is 9.93. The summed E-state index contributed by atoms with van der Waals surface area (Å²) in [5.41, 5.74) is 7.83. The summed E-state index contributed by atoms with van der Waals surface area (Å²) in [6.07, 6.45) is 1.25. The van der Waals surface area contributed by atoms with E-state index in [9.17, 15) is 0 Å². The third-order valence-electron chi connectivity index (χ3n) is 6.36. The highest BCUT2D eigenvalue weighted by Gasteiger charge is 2.07. The van der Waals surface area contributed by atoms with Crippen LogP contribution < -0.4 is 0 Å². The third kappa shape index (κ3) is 9.19. The van der Waals surface area contributed by atoms with Crippen molar-refractivity contribution in [1.29, 1.82) is 0 Å². The second-order valence-corrected chi connectivity index (χ2v) is 9.44. The maximum atomic E-state index is 2.31. The number of rotatable bonds is 2. The molecule has 0 aromatic heterocycles. The van der Waals surface area contributed by atoms with Crippen LogP contribution in [0.2, 0.25) is 0 Å². The van der Waals surface area contributed by atoms with Crippen LogP contribution in [0.1, 0.15) is 59.1 Å². The highest BCUT2D eigenvalue weighted by molar-refractivity contribution is 6.13. The van der Waals surface area contributed by atoms with Crippen molar-refractivity contribution in [3.05, 3.63) is 145 Å². The Kier molecular flexibility index (Phi) is 14.7. The molecule has 0 aliphatic heterocycles. The van der Waals surface area contributed by atoms with Crippen LogP contribution in [0, 0.1) is 13.8 Å². The predicted molar refractivity (Wildman–Crippen MR) is 187 cm³/mol. The fourth-order valence-electron chi connectivity index (χ4n) is 4.54. The number of hydrogen-bond donors (Lipinski definition) is 0. The van der Waals surface area contributed by atoms with Gasteiger partial charge < -0.3 is 0 Å².